The third kappa shape index (κ3) is 5.62. The quantitative estimate of drug-likeness (QED) is 0.265. The number of para-hydroxylation sites is 1. The molecule has 166 valence electrons. The highest BCUT2D eigenvalue weighted by molar-refractivity contribution is 9.10. The van der Waals surface area contributed by atoms with Gasteiger partial charge in [-0.05, 0) is 54.6 Å². The number of amides is 3. The number of hydrogen-bond acceptors (Lipinski definition) is 5. The minimum Gasteiger partial charge on any atom is -0.308 e. The first-order valence-electron chi connectivity index (χ1n) is 9.67. The van der Waals surface area contributed by atoms with Gasteiger partial charge in [0.05, 0.1) is 22.3 Å². The summed E-state index contributed by atoms with van der Waals surface area (Å²) < 4.78 is 2.22. The Kier molecular flexibility index (Phi) is 7.12. The Morgan fingerprint density at radius 2 is 1.76 bits per heavy atom. The van der Waals surface area contributed by atoms with Crippen molar-refractivity contribution in [1.29, 1.82) is 0 Å². The maximum Gasteiger partial charge on any atom is 0.325 e. The number of anilines is 1. The highest BCUT2D eigenvalue weighted by Gasteiger charge is 2.16. The summed E-state index contributed by atoms with van der Waals surface area (Å²) in [5.41, 5.74) is 1.38. The summed E-state index contributed by atoms with van der Waals surface area (Å²) in [4.78, 5) is 42.3. The molecule has 0 fully saturated rings. The van der Waals surface area contributed by atoms with E-state index < -0.39 is 11.9 Å². The predicted molar refractivity (Wildman–Crippen MR) is 134 cm³/mol. The number of thioether (sulfide) groups is 1. The fraction of sp³-hybridized carbons (Fsp3) is 0.0435. The minimum atomic E-state index is -0.667. The normalized spacial score (nSPS) is 10.7. The lowest BCUT2D eigenvalue weighted by Crippen LogP contribution is -2.35. The first-order valence-corrected chi connectivity index (χ1v) is 11.8. The number of nitrogens with one attached hydrogen (secondary N) is 2. The molecule has 0 aliphatic carbocycles. The van der Waals surface area contributed by atoms with Crippen LogP contribution in [0.1, 0.15) is 0 Å². The van der Waals surface area contributed by atoms with E-state index in [0.29, 0.717) is 32.5 Å². The zero-order valence-electron chi connectivity index (χ0n) is 16.9. The highest BCUT2D eigenvalue weighted by atomic mass is 79.9. The molecule has 0 saturated carbocycles. The van der Waals surface area contributed by atoms with Crippen LogP contribution < -0.4 is 16.2 Å². The molecule has 0 aliphatic rings. The molecule has 1 aromatic heterocycles. The number of imide groups is 1. The van der Waals surface area contributed by atoms with Gasteiger partial charge in [-0.3, -0.25) is 19.5 Å². The summed E-state index contributed by atoms with van der Waals surface area (Å²) >= 11 is 10.3. The van der Waals surface area contributed by atoms with Crippen LogP contribution in [0, 0.1) is 0 Å². The number of benzene rings is 3. The zero-order chi connectivity index (χ0) is 23.4. The molecule has 0 bridgehead atoms. The molecule has 0 aliphatic heterocycles. The van der Waals surface area contributed by atoms with Gasteiger partial charge in [0.1, 0.15) is 0 Å². The molecule has 4 rings (SSSR count). The van der Waals surface area contributed by atoms with Crippen LogP contribution >= 0.6 is 39.3 Å². The molecule has 7 nitrogen and oxygen atoms in total. The SMILES string of the molecule is O=C(CSc1nc2ccc(Br)cc2c(=O)n1-c1ccccc1)NC(=O)Nc1ccc(Cl)cc1. The lowest BCUT2D eigenvalue weighted by molar-refractivity contribution is -0.117. The molecule has 33 heavy (non-hydrogen) atoms. The number of urea groups is 1. The average Bonchev–Trinajstić information content (AvgIpc) is 2.80. The molecule has 0 spiro atoms. The van der Waals surface area contributed by atoms with Crippen LogP contribution in [0.2, 0.25) is 5.02 Å². The van der Waals surface area contributed by atoms with Crippen LogP contribution in [0.15, 0.2) is 87.2 Å². The van der Waals surface area contributed by atoms with Gasteiger partial charge in [0.25, 0.3) is 5.56 Å². The van der Waals surface area contributed by atoms with Crippen molar-refractivity contribution in [2.75, 3.05) is 11.1 Å². The van der Waals surface area contributed by atoms with Crippen LogP contribution in [0.5, 0.6) is 0 Å². The molecule has 0 atom stereocenters. The molecule has 0 saturated heterocycles. The van der Waals surface area contributed by atoms with E-state index in [-0.39, 0.29) is 11.3 Å². The van der Waals surface area contributed by atoms with E-state index in [1.807, 2.05) is 18.2 Å². The second-order valence-electron chi connectivity index (χ2n) is 6.83. The summed E-state index contributed by atoms with van der Waals surface area (Å²) in [7, 11) is 0. The van der Waals surface area contributed by atoms with Gasteiger partial charge in [-0.2, -0.15) is 0 Å². The van der Waals surface area contributed by atoms with Gasteiger partial charge in [-0.1, -0.05) is 57.5 Å². The summed E-state index contributed by atoms with van der Waals surface area (Å²) in [6.45, 7) is 0. The van der Waals surface area contributed by atoms with Gasteiger partial charge in [-0.15, -0.1) is 0 Å². The Labute approximate surface area is 206 Å². The first-order chi connectivity index (χ1) is 15.9. The molecule has 10 heteroatoms. The van der Waals surface area contributed by atoms with Crippen molar-refractivity contribution in [3.05, 3.63) is 92.6 Å². The van der Waals surface area contributed by atoms with Crippen LogP contribution in [0.3, 0.4) is 0 Å². The number of carbonyl (C=O) groups is 2. The Morgan fingerprint density at radius 3 is 2.48 bits per heavy atom. The van der Waals surface area contributed by atoms with E-state index in [4.69, 9.17) is 11.6 Å². The number of aromatic nitrogens is 2. The van der Waals surface area contributed by atoms with E-state index in [2.05, 4.69) is 31.5 Å². The van der Waals surface area contributed by atoms with Crippen LogP contribution in [-0.2, 0) is 4.79 Å². The fourth-order valence-corrected chi connectivity index (χ4v) is 4.33. The van der Waals surface area contributed by atoms with Crippen LogP contribution in [0.25, 0.3) is 16.6 Å². The average molecular weight is 544 g/mol. The molecule has 1 heterocycles. The number of halogens is 2. The zero-order valence-corrected chi connectivity index (χ0v) is 20.1. The third-order valence-electron chi connectivity index (χ3n) is 4.50. The predicted octanol–water partition coefficient (Wildman–Crippen LogP) is 5.24. The molecule has 4 aromatic rings. The van der Waals surface area contributed by atoms with Gasteiger partial charge in [0, 0.05) is 15.2 Å². The highest BCUT2D eigenvalue weighted by Crippen LogP contribution is 2.23. The molecule has 2 N–H and O–H groups in total. The second kappa shape index (κ2) is 10.2. The second-order valence-corrected chi connectivity index (χ2v) is 9.12. The standard InChI is InChI=1S/C23H16BrClN4O3S/c24-14-6-11-19-18(12-14)21(31)29(17-4-2-1-3-5-17)23(27-19)33-13-20(30)28-22(32)26-16-9-7-15(25)8-10-16/h1-12H,13H2,(H2,26,28,30,32). The molecule has 3 amide bonds. The van der Waals surface area contributed by atoms with E-state index in [1.165, 1.54) is 4.57 Å². The summed E-state index contributed by atoms with van der Waals surface area (Å²) in [6.07, 6.45) is 0. The summed E-state index contributed by atoms with van der Waals surface area (Å²) in [6, 6.07) is 20.1. The molecule has 0 radical (unpaired) electrons. The topological polar surface area (TPSA) is 93.1 Å². The minimum absolute atomic E-state index is 0.116. The van der Waals surface area contributed by atoms with E-state index >= 15 is 0 Å². The lowest BCUT2D eigenvalue weighted by Gasteiger charge is -2.13. The molecular weight excluding hydrogens is 528 g/mol. The Morgan fingerprint density at radius 1 is 1.03 bits per heavy atom. The maximum atomic E-state index is 13.3. The summed E-state index contributed by atoms with van der Waals surface area (Å²) in [5.74, 6) is -0.647. The van der Waals surface area contributed by atoms with Crippen molar-refractivity contribution in [2.24, 2.45) is 0 Å². The van der Waals surface area contributed by atoms with Gasteiger partial charge in [0.15, 0.2) is 5.16 Å². The van der Waals surface area contributed by atoms with E-state index in [9.17, 15) is 14.4 Å². The smallest absolute Gasteiger partial charge is 0.308 e. The number of carbonyl (C=O) groups excluding carboxylic acids is 2. The number of nitrogens with zero attached hydrogens (tertiary/aromatic N) is 2. The largest absolute Gasteiger partial charge is 0.325 e. The molecular formula is C23H16BrClN4O3S. The van der Waals surface area contributed by atoms with Crippen molar-refractivity contribution in [1.82, 2.24) is 14.9 Å². The van der Waals surface area contributed by atoms with Gasteiger partial charge in [0.2, 0.25) is 5.91 Å². The Balaban J connectivity index is 1.54. The lowest BCUT2D eigenvalue weighted by atomic mass is 10.2. The van der Waals surface area contributed by atoms with Crippen LogP contribution in [0.4, 0.5) is 10.5 Å². The molecule has 0 unspecified atom stereocenters. The summed E-state index contributed by atoms with van der Waals surface area (Å²) in [5, 5.41) is 6.15. The Bertz CT molecular complexity index is 1390. The number of rotatable bonds is 5. The van der Waals surface area contributed by atoms with E-state index in [1.54, 1.807) is 54.6 Å². The molecule has 3 aromatic carbocycles. The van der Waals surface area contributed by atoms with Gasteiger partial charge >= 0.3 is 6.03 Å². The van der Waals surface area contributed by atoms with Crippen LogP contribution in [-0.4, -0.2) is 27.2 Å². The van der Waals surface area contributed by atoms with Gasteiger partial charge < -0.3 is 5.32 Å². The Hall–Kier alpha value is -3.14. The first kappa shape index (κ1) is 23.0. The maximum absolute atomic E-state index is 13.3. The van der Waals surface area contributed by atoms with Crippen molar-refractivity contribution in [3.8, 4) is 5.69 Å². The van der Waals surface area contributed by atoms with E-state index in [0.717, 1.165) is 16.2 Å². The van der Waals surface area contributed by atoms with Gasteiger partial charge in [-0.25, -0.2) is 9.78 Å². The van der Waals surface area contributed by atoms with Crippen molar-refractivity contribution in [2.45, 2.75) is 5.16 Å². The van der Waals surface area contributed by atoms with Crippen molar-refractivity contribution >= 4 is 67.8 Å². The van der Waals surface area contributed by atoms with Crippen molar-refractivity contribution in [3.63, 3.8) is 0 Å². The third-order valence-corrected chi connectivity index (χ3v) is 6.19. The number of fused-ring (bicyclic) bond motifs is 1. The number of hydrogen-bond donors (Lipinski definition) is 2. The monoisotopic (exact) mass is 542 g/mol. The fourth-order valence-electron chi connectivity index (χ4n) is 3.03. The van der Waals surface area contributed by atoms with Crippen molar-refractivity contribution < 1.29 is 9.59 Å².